The van der Waals surface area contributed by atoms with Gasteiger partial charge >= 0.3 is 6.08 Å². The number of carbonyl (C=O) groups is 2. The lowest BCUT2D eigenvalue weighted by Gasteiger charge is -2.37. The van der Waals surface area contributed by atoms with Crippen LogP contribution in [0.3, 0.4) is 0 Å². The number of ether oxygens (including phenoxy) is 3. The average molecular weight is 609 g/mol. The van der Waals surface area contributed by atoms with Gasteiger partial charge in [-0.15, -0.1) is 0 Å². The molecule has 1 spiro atoms. The molecule has 3 aliphatic heterocycles. The Morgan fingerprint density at radius 3 is 2.23 bits per heavy atom. The molecule has 6 rings (SSSR count). The first-order chi connectivity index (χ1) is 21.4. The summed E-state index contributed by atoms with van der Waals surface area (Å²) in [6.45, 7) is 6.24. The number of rotatable bonds is 10. The van der Waals surface area contributed by atoms with Crippen molar-refractivity contribution in [3.05, 3.63) is 42.7 Å². The molecule has 2 amide bonds. The number of methoxy groups -OCH3 is 1. The first-order valence-electron chi connectivity index (χ1n) is 15.7. The smallest absolute Gasteiger partial charge is 0.381 e. The summed E-state index contributed by atoms with van der Waals surface area (Å²) in [5.41, 5.74) is 0.00676. The van der Waals surface area contributed by atoms with E-state index in [0.717, 1.165) is 64.4 Å². The van der Waals surface area contributed by atoms with E-state index in [2.05, 4.69) is 24.8 Å². The fraction of sp³-hybridized carbons (Fsp3) is 0.594. The molecule has 1 aliphatic carbocycles. The quantitative estimate of drug-likeness (QED) is 0.316. The fourth-order valence-corrected chi connectivity index (χ4v) is 6.40. The summed E-state index contributed by atoms with van der Waals surface area (Å²) in [5, 5.41) is 8.95. The summed E-state index contributed by atoms with van der Waals surface area (Å²) in [4.78, 5) is 43.6. The number of aliphatic imine (C=N–C) groups is 1. The van der Waals surface area contributed by atoms with Crippen LogP contribution in [0.4, 0.5) is 5.95 Å². The van der Waals surface area contributed by atoms with E-state index >= 15 is 0 Å². The Labute approximate surface area is 259 Å². The van der Waals surface area contributed by atoms with Crippen LogP contribution < -0.4 is 14.4 Å². The van der Waals surface area contributed by atoms with Crippen molar-refractivity contribution in [1.82, 2.24) is 19.8 Å². The SMILES string of the molecule is COc1ccccc1OCC1CN=C(O)O1.O=C1CC2(CCCC2)CC(=O)N1CCCCN1CCN(c2ncccn2)CC1. The predicted octanol–water partition coefficient (Wildman–Crippen LogP) is 3.48. The number of nitrogens with zero attached hydrogens (tertiary/aromatic N) is 6. The molecule has 1 saturated carbocycles. The number of aliphatic hydroxyl groups excluding tert-OH is 1. The van der Waals surface area contributed by atoms with E-state index < -0.39 is 0 Å². The van der Waals surface area contributed by atoms with Crippen molar-refractivity contribution in [1.29, 1.82) is 0 Å². The van der Waals surface area contributed by atoms with E-state index in [9.17, 15) is 9.59 Å². The molecular formula is C32H44N6O6. The molecule has 44 heavy (non-hydrogen) atoms. The second-order valence-electron chi connectivity index (χ2n) is 11.9. The zero-order valence-corrected chi connectivity index (χ0v) is 25.6. The molecule has 0 bridgehead atoms. The Hall–Kier alpha value is -3.93. The third-order valence-electron chi connectivity index (χ3n) is 8.83. The molecule has 2 saturated heterocycles. The summed E-state index contributed by atoms with van der Waals surface area (Å²) in [6.07, 6.45) is 10.6. The lowest BCUT2D eigenvalue weighted by atomic mass is 9.76. The lowest BCUT2D eigenvalue weighted by molar-refractivity contribution is -0.153. The van der Waals surface area contributed by atoms with E-state index in [0.29, 0.717) is 44.0 Å². The highest BCUT2D eigenvalue weighted by molar-refractivity contribution is 5.98. The maximum absolute atomic E-state index is 12.5. The fourth-order valence-electron chi connectivity index (χ4n) is 6.40. The van der Waals surface area contributed by atoms with Crippen LogP contribution in [0.1, 0.15) is 51.4 Å². The maximum atomic E-state index is 12.5. The van der Waals surface area contributed by atoms with Crippen LogP contribution in [0.5, 0.6) is 11.5 Å². The largest absolute Gasteiger partial charge is 0.493 e. The third-order valence-corrected chi connectivity index (χ3v) is 8.83. The minimum atomic E-state index is -0.270. The number of hydrogen-bond donors (Lipinski definition) is 1. The highest BCUT2D eigenvalue weighted by Gasteiger charge is 2.44. The second-order valence-corrected chi connectivity index (χ2v) is 11.9. The van der Waals surface area contributed by atoms with Gasteiger partial charge in [-0.25, -0.2) is 15.0 Å². The standard InChI is InChI=1S/C21H31N5O2.C11H13NO4/c27-18-16-21(6-1-2-7-21)17-19(28)26(18)11-4-3-10-24-12-14-25(15-13-24)20-22-8-5-9-23-20;1-14-9-4-2-3-5-10(9)15-7-8-6-12-11(13)16-8/h5,8-9H,1-4,6-7,10-17H2;2-5,8H,6-7H2,1H3,(H,12,13). The Balaban J connectivity index is 0.000000204. The summed E-state index contributed by atoms with van der Waals surface area (Å²) < 4.78 is 15.7. The molecule has 1 aromatic carbocycles. The van der Waals surface area contributed by atoms with Crippen LogP contribution in [-0.2, 0) is 14.3 Å². The van der Waals surface area contributed by atoms with Crippen LogP contribution >= 0.6 is 0 Å². The Morgan fingerprint density at radius 2 is 1.59 bits per heavy atom. The van der Waals surface area contributed by atoms with E-state index in [1.54, 1.807) is 19.5 Å². The van der Waals surface area contributed by atoms with Crippen molar-refractivity contribution in [3.63, 3.8) is 0 Å². The van der Waals surface area contributed by atoms with Gasteiger partial charge in [0.2, 0.25) is 17.8 Å². The third kappa shape index (κ3) is 8.37. The molecule has 1 unspecified atom stereocenters. The van der Waals surface area contributed by atoms with Gasteiger partial charge in [-0.05, 0) is 55.8 Å². The van der Waals surface area contributed by atoms with E-state index in [4.69, 9.17) is 19.3 Å². The van der Waals surface area contributed by atoms with Gasteiger partial charge in [-0.1, -0.05) is 25.0 Å². The summed E-state index contributed by atoms with van der Waals surface area (Å²) in [6, 6.07) is 9.20. The molecule has 1 aromatic heterocycles. The number of aromatic nitrogens is 2. The summed E-state index contributed by atoms with van der Waals surface area (Å²) in [5.74, 6) is 2.26. The number of para-hydroxylation sites is 2. The average Bonchev–Trinajstić information content (AvgIpc) is 3.68. The Kier molecular flexibility index (Phi) is 10.9. The van der Waals surface area contributed by atoms with Gasteiger partial charge in [-0.3, -0.25) is 19.4 Å². The number of amides is 2. The van der Waals surface area contributed by atoms with E-state index in [1.807, 2.05) is 30.3 Å². The van der Waals surface area contributed by atoms with Crippen molar-refractivity contribution in [2.45, 2.75) is 57.5 Å². The molecule has 12 nitrogen and oxygen atoms in total. The van der Waals surface area contributed by atoms with Gasteiger partial charge in [0.25, 0.3) is 0 Å². The van der Waals surface area contributed by atoms with Crippen molar-refractivity contribution >= 4 is 23.8 Å². The summed E-state index contributed by atoms with van der Waals surface area (Å²) in [7, 11) is 1.59. The van der Waals surface area contributed by atoms with Gasteiger partial charge in [0.1, 0.15) is 6.61 Å². The van der Waals surface area contributed by atoms with Gasteiger partial charge in [0.15, 0.2) is 17.6 Å². The topological polar surface area (TPSA) is 130 Å². The highest BCUT2D eigenvalue weighted by Crippen LogP contribution is 2.46. The zero-order valence-electron chi connectivity index (χ0n) is 25.6. The van der Waals surface area contributed by atoms with Gasteiger partial charge in [-0.2, -0.15) is 0 Å². The number of carbonyl (C=O) groups excluding carboxylic acids is 2. The van der Waals surface area contributed by atoms with Crippen LogP contribution in [-0.4, -0.2) is 108 Å². The monoisotopic (exact) mass is 608 g/mol. The number of aliphatic hydroxyl groups is 1. The molecule has 4 heterocycles. The molecule has 0 radical (unpaired) electrons. The van der Waals surface area contributed by atoms with Crippen molar-refractivity contribution in [2.75, 3.05) is 64.4 Å². The lowest BCUT2D eigenvalue weighted by Crippen LogP contribution is -2.48. The molecule has 238 valence electrons. The molecule has 1 N–H and O–H groups in total. The first-order valence-corrected chi connectivity index (χ1v) is 15.7. The van der Waals surface area contributed by atoms with E-state index in [1.165, 1.54) is 17.7 Å². The highest BCUT2D eigenvalue weighted by atomic mass is 16.6. The van der Waals surface area contributed by atoms with Crippen molar-refractivity contribution in [2.24, 2.45) is 10.4 Å². The molecular weight excluding hydrogens is 564 g/mol. The second kappa shape index (κ2) is 15.2. The molecule has 12 heteroatoms. The Bertz CT molecular complexity index is 1240. The van der Waals surface area contributed by atoms with Crippen LogP contribution in [0.15, 0.2) is 47.7 Å². The number of piperidine rings is 1. The van der Waals surface area contributed by atoms with Gasteiger partial charge < -0.3 is 24.2 Å². The van der Waals surface area contributed by atoms with Crippen LogP contribution in [0.25, 0.3) is 0 Å². The zero-order chi connectivity index (χ0) is 30.8. The maximum Gasteiger partial charge on any atom is 0.381 e. The van der Waals surface area contributed by atoms with Crippen LogP contribution in [0.2, 0.25) is 0 Å². The van der Waals surface area contributed by atoms with Gasteiger partial charge in [0, 0.05) is 58.0 Å². The van der Waals surface area contributed by atoms with Gasteiger partial charge in [0.05, 0.1) is 13.7 Å². The molecule has 3 fully saturated rings. The Morgan fingerprint density at radius 1 is 0.932 bits per heavy atom. The predicted molar refractivity (Wildman–Crippen MR) is 165 cm³/mol. The molecule has 2 aromatic rings. The first kappa shape index (κ1) is 31.5. The number of hydrogen-bond acceptors (Lipinski definition) is 10. The van der Waals surface area contributed by atoms with Crippen molar-refractivity contribution < 1.29 is 28.9 Å². The minimum absolute atomic E-state index is 0.00676. The molecule has 4 aliphatic rings. The van der Waals surface area contributed by atoms with Crippen molar-refractivity contribution in [3.8, 4) is 11.5 Å². The number of imide groups is 1. The summed E-state index contributed by atoms with van der Waals surface area (Å²) >= 11 is 0. The minimum Gasteiger partial charge on any atom is -0.493 e. The number of anilines is 1. The number of benzene rings is 1. The number of piperazine rings is 1. The van der Waals surface area contributed by atoms with Crippen LogP contribution in [0, 0.1) is 5.41 Å². The number of unbranched alkanes of at least 4 members (excludes halogenated alkanes) is 1. The number of likely N-dealkylation sites (tertiary alicyclic amines) is 1. The molecule has 1 atom stereocenters. The van der Waals surface area contributed by atoms with E-state index in [-0.39, 0.29) is 29.4 Å². The normalized spacial score (nSPS) is 21.5.